The van der Waals surface area contributed by atoms with Crippen LogP contribution in [0.25, 0.3) is 0 Å². The minimum absolute atomic E-state index is 0.0998. The molecule has 0 amide bonds. The molecule has 5 heteroatoms. The molecule has 0 radical (unpaired) electrons. The van der Waals surface area contributed by atoms with E-state index in [1.54, 1.807) is 0 Å². The molecule has 1 aliphatic rings. The van der Waals surface area contributed by atoms with Crippen molar-refractivity contribution in [2.45, 2.75) is 52.5 Å². The monoisotopic (exact) mass is 284 g/mol. The van der Waals surface area contributed by atoms with Gasteiger partial charge in [0.15, 0.2) is 5.84 Å². The summed E-state index contributed by atoms with van der Waals surface area (Å²) < 4.78 is 0. The Morgan fingerprint density at radius 2 is 1.85 bits per heavy atom. The number of nitrogens with zero attached hydrogens (tertiary/aromatic N) is 3. The second-order valence-electron chi connectivity index (χ2n) is 6.24. The van der Waals surface area contributed by atoms with E-state index in [2.05, 4.69) is 35.7 Å². The van der Waals surface area contributed by atoms with Crippen molar-refractivity contribution in [3.8, 4) is 0 Å². The van der Waals surface area contributed by atoms with Crippen LogP contribution in [0.4, 0.5) is 0 Å². The maximum Gasteiger partial charge on any atom is 0.156 e. The zero-order valence-corrected chi connectivity index (χ0v) is 13.4. The van der Waals surface area contributed by atoms with Crippen LogP contribution in [0.1, 0.15) is 46.5 Å². The van der Waals surface area contributed by atoms with Crippen molar-refractivity contribution < 1.29 is 5.21 Å². The zero-order valence-electron chi connectivity index (χ0n) is 13.4. The van der Waals surface area contributed by atoms with Crippen molar-refractivity contribution in [1.29, 1.82) is 0 Å². The third-order valence-electron chi connectivity index (χ3n) is 4.12. The van der Waals surface area contributed by atoms with E-state index < -0.39 is 0 Å². The Bertz CT molecular complexity index is 286. The van der Waals surface area contributed by atoms with Gasteiger partial charge in [0, 0.05) is 26.2 Å². The summed E-state index contributed by atoms with van der Waals surface area (Å²) in [6.07, 6.45) is 4.61. The summed E-state index contributed by atoms with van der Waals surface area (Å²) in [5.74, 6) is 1.16. The Labute approximate surface area is 123 Å². The van der Waals surface area contributed by atoms with Crippen LogP contribution in [-0.2, 0) is 0 Å². The lowest BCUT2D eigenvalue weighted by atomic mass is 10.1. The van der Waals surface area contributed by atoms with E-state index in [0.29, 0.717) is 5.84 Å². The van der Waals surface area contributed by atoms with Gasteiger partial charge in [0.1, 0.15) is 0 Å². The van der Waals surface area contributed by atoms with Gasteiger partial charge in [-0.3, -0.25) is 4.90 Å². The van der Waals surface area contributed by atoms with E-state index in [0.717, 1.165) is 44.9 Å². The third-order valence-corrected chi connectivity index (χ3v) is 4.12. The SMILES string of the molecule is CCCC(C(N)=NO)N1CCN(CCCC(C)C)CC1. The van der Waals surface area contributed by atoms with E-state index in [9.17, 15) is 0 Å². The summed E-state index contributed by atoms with van der Waals surface area (Å²) in [4.78, 5) is 4.89. The van der Waals surface area contributed by atoms with Gasteiger partial charge in [0.05, 0.1) is 6.04 Å². The largest absolute Gasteiger partial charge is 0.409 e. The van der Waals surface area contributed by atoms with Crippen molar-refractivity contribution in [2.24, 2.45) is 16.8 Å². The Morgan fingerprint density at radius 3 is 2.35 bits per heavy atom. The first kappa shape index (κ1) is 17.2. The topological polar surface area (TPSA) is 65.1 Å². The molecule has 1 heterocycles. The highest BCUT2D eigenvalue weighted by molar-refractivity contribution is 5.85. The zero-order chi connectivity index (χ0) is 15.0. The fourth-order valence-corrected chi connectivity index (χ4v) is 2.88. The van der Waals surface area contributed by atoms with Crippen LogP contribution in [0.5, 0.6) is 0 Å². The molecule has 1 saturated heterocycles. The van der Waals surface area contributed by atoms with Crippen LogP contribution in [0, 0.1) is 5.92 Å². The minimum atomic E-state index is 0.0998. The lowest BCUT2D eigenvalue weighted by molar-refractivity contribution is 0.110. The van der Waals surface area contributed by atoms with Crippen molar-refractivity contribution in [2.75, 3.05) is 32.7 Å². The van der Waals surface area contributed by atoms with Gasteiger partial charge in [-0.1, -0.05) is 32.3 Å². The van der Waals surface area contributed by atoms with Crippen LogP contribution in [-0.4, -0.2) is 59.6 Å². The number of rotatable bonds is 8. The molecule has 1 fully saturated rings. The van der Waals surface area contributed by atoms with Crippen LogP contribution in [0.3, 0.4) is 0 Å². The highest BCUT2D eigenvalue weighted by atomic mass is 16.4. The third kappa shape index (κ3) is 5.67. The first-order chi connectivity index (χ1) is 9.58. The minimum Gasteiger partial charge on any atom is -0.409 e. The molecular weight excluding hydrogens is 252 g/mol. The van der Waals surface area contributed by atoms with Crippen molar-refractivity contribution in [3.63, 3.8) is 0 Å². The molecular formula is C15H32N4O. The van der Waals surface area contributed by atoms with E-state index in [1.807, 2.05) is 0 Å². The quantitative estimate of drug-likeness (QED) is 0.309. The van der Waals surface area contributed by atoms with Gasteiger partial charge >= 0.3 is 0 Å². The normalized spacial score (nSPS) is 20.5. The van der Waals surface area contributed by atoms with Gasteiger partial charge in [-0.2, -0.15) is 0 Å². The molecule has 5 nitrogen and oxygen atoms in total. The number of oxime groups is 1. The van der Waals surface area contributed by atoms with Gasteiger partial charge in [-0.15, -0.1) is 0 Å². The predicted molar refractivity (Wildman–Crippen MR) is 84.2 cm³/mol. The fourth-order valence-electron chi connectivity index (χ4n) is 2.88. The molecule has 1 unspecified atom stereocenters. The van der Waals surface area contributed by atoms with E-state index in [-0.39, 0.29) is 6.04 Å². The van der Waals surface area contributed by atoms with Crippen molar-refractivity contribution >= 4 is 5.84 Å². The highest BCUT2D eigenvalue weighted by Crippen LogP contribution is 2.13. The number of hydrogen-bond donors (Lipinski definition) is 2. The first-order valence-corrected chi connectivity index (χ1v) is 8.02. The molecule has 1 aliphatic heterocycles. The molecule has 0 aliphatic carbocycles. The fraction of sp³-hybridized carbons (Fsp3) is 0.933. The van der Waals surface area contributed by atoms with E-state index in [4.69, 9.17) is 10.9 Å². The molecule has 0 aromatic heterocycles. The van der Waals surface area contributed by atoms with Crippen LogP contribution in [0.2, 0.25) is 0 Å². The van der Waals surface area contributed by atoms with E-state index >= 15 is 0 Å². The number of amidine groups is 1. The molecule has 0 saturated carbocycles. The van der Waals surface area contributed by atoms with E-state index in [1.165, 1.54) is 19.4 Å². The summed E-state index contributed by atoms with van der Waals surface area (Å²) in [7, 11) is 0. The number of hydrogen-bond acceptors (Lipinski definition) is 4. The summed E-state index contributed by atoms with van der Waals surface area (Å²) in [6.45, 7) is 12.1. The molecule has 3 N–H and O–H groups in total. The summed E-state index contributed by atoms with van der Waals surface area (Å²) in [5.41, 5.74) is 5.83. The number of nitrogens with two attached hydrogens (primary N) is 1. The number of piperazine rings is 1. The average Bonchev–Trinajstić information content (AvgIpc) is 2.44. The van der Waals surface area contributed by atoms with Crippen LogP contribution in [0.15, 0.2) is 5.16 Å². The summed E-state index contributed by atoms with van der Waals surface area (Å²) in [5, 5.41) is 12.1. The van der Waals surface area contributed by atoms with Crippen molar-refractivity contribution in [1.82, 2.24) is 9.80 Å². The van der Waals surface area contributed by atoms with Gasteiger partial charge in [0.2, 0.25) is 0 Å². The predicted octanol–water partition coefficient (Wildman–Crippen LogP) is 1.96. The Kier molecular flexibility index (Phi) is 7.92. The Balaban J connectivity index is 2.36. The second-order valence-corrected chi connectivity index (χ2v) is 6.24. The molecule has 0 aromatic rings. The highest BCUT2D eigenvalue weighted by Gasteiger charge is 2.25. The Morgan fingerprint density at radius 1 is 1.20 bits per heavy atom. The average molecular weight is 284 g/mol. The van der Waals surface area contributed by atoms with Crippen LogP contribution >= 0.6 is 0 Å². The van der Waals surface area contributed by atoms with Gasteiger partial charge in [-0.05, 0) is 31.7 Å². The maximum absolute atomic E-state index is 8.91. The molecule has 118 valence electrons. The van der Waals surface area contributed by atoms with Gasteiger partial charge < -0.3 is 15.8 Å². The van der Waals surface area contributed by atoms with Crippen LogP contribution < -0.4 is 5.73 Å². The summed E-state index contributed by atoms with van der Waals surface area (Å²) >= 11 is 0. The molecule has 1 atom stereocenters. The molecule has 1 rings (SSSR count). The smallest absolute Gasteiger partial charge is 0.156 e. The lowest BCUT2D eigenvalue weighted by Gasteiger charge is -2.38. The summed E-state index contributed by atoms with van der Waals surface area (Å²) in [6, 6.07) is 0.0998. The molecule has 0 spiro atoms. The van der Waals surface area contributed by atoms with Gasteiger partial charge in [0.25, 0.3) is 0 Å². The Hall–Kier alpha value is -0.810. The molecule has 0 bridgehead atoms. The lowest BCUT2D eigenvalue weighted by Crippen LogP contribution is -2.54. The maximum atomic E-state index is 8.91. The standard InChI is InChI=1S/C15H32N4O/c1-4-6-14(15(16)17-20)19-11-9-18(10-12-19)8-5-7-13(2)3/h13-14,20H,4-12H2,1-3H3,(H2,16,17). The van der Waals surface area contributed by atoms with Gasteiger partial charge in [-0.25, -0.2) is 0 Å². The second kappa shape index (κ2) is 9.19. The first-order valence-electron chi connectivity index (χ1n) is 8.02. The molecule has 20 heavy (non-hydrogen) atoms. The van der Waals surface area contributed by atoms with Crippen molar-refractivity contribution in [3.05, 3.63) is 0 Å². The molecule has 0 aromatic carbocycles.